The molecule has 6 heteroatoms. The SMILES string of the molecule is CC/C=C\C/C=C\C/C=C\C/C=C\C/C=C\C/C=C\C/C=C\CCCCCCCCCCCCCCCC(=O)OCC(COC(=O)CCCCCCCCCCCCCCC)OC(=O)CCCCCCC/C=C\CCCCCCC. The fraction of sp³-hybridized carbons (Fsp3) is 0.743. The van der Waals surface area contributed by atoms with Crippen molar-refractivity contribution in [3.05, 3.63) is 97.2 Å². The molecule has 1 unspecified atom stereocenters. The van der Waals surface area contributed by atoms with E-state index in [1.807, 2.05) is 0 Å². The average Bonchev–Trinajstić information content (AvgIpc) is 3.46. The van der Waals surface area contributed by atoms with Gasteiger partial charge in [0.1, 0.15) is 13.2 Å². The maximum Gasteiger partial charge on any atom is 0.306 e. The Labute approximate surface area is 496 Å². The third kappa shape index (κ3) is 65.1. The van der Waals surface area contributed by atoms with Crippen LogP contribution in [0.1, 0.15) is 335 Å². The standard InChI is InChI=1S/C74H128O6/c1-4-7-10-13-16-19-22-25-27-28-29-30-31-32-33-34-35-36-37-38-39-40-41-42-43-44-45-46-47-50-52-55-58-61-64-67-73(76)79-70-71(69-78-72(75)66-63-60-57-54-51-48-24-21-18-15-12-9-6-3)80-74(77)68-65-62-59-56-53-49-26-23-20-17-14-11-8-5-2/h7,10,16,19,23,25-27,29-30,32-33,35-36,38-39,71H,4-6,8-9,11-15,17-18,20-22,24,28,31,34,37,40-70H2,1-3H3/b10-7-,19-16-,26-23-,27-25-,30-29-,33-32-,36-35-,39-38-. The highest BCUT2D eigenvalue weighted by atomic mass is 16.6. The molecule has 0 aliphatic heterocycles. The fourth-order valence-corrected chi connectivity index (χ4v) is 9.71. The zero-order valence-electron chi connectivity index (χ0n) is 52.8. The Morgan fingerprint density at radius 3 is 0.775 bits per heavy atom. The van der Waals surface area contributed by atoms with E-state index in [1.54, 1.807) is 0 Å². The van der Waals surface area contributed by atoms with Crippen LogP contribution in [0.25, 0.3) is 0 Å². The van der Waals surface area contributed by atoms with Crippen LogP contribution in [0.3, 0.4) is 0 Å². The molecule has 0 radical (unpaired) electrons. The Morgan fingerprint density at radius 2 is 0.487 bits per heavy atom. The van der Waals surface area contributed by atoms with E-state index in [2.05, 4.69) is 118 Å². The molecule has 0 aromatic rings. The van der Waals surface area contributed by atoms with Crippen molar-refractivity contribution >= 4 is 17.9 Å². The Hall–Kier alpha value is -3.67. The van der Waals surface area contributed by atoms with E-state index in [1.165, 1.54) is 180 Å². The number of rotatable bonds is 62. The van der Waals surface area contributed by atoms with Crippen molar-refractivity contribution in [3.63, 3.8) is 0 Å². The first kappa shape index (κ1) is 76.3. The summed E-state index contributed by atoms with van der Waals surface area (Å²) in [4.78, 5) is 38.3. The summed E-state index contributed by atoms with van der Waals surface area (Å²) in [5.41, 5.74) is 0. The van der Waals surface area contributed by atoms with Crippen LogP contribution in [0.15, 0.2) is 97.2 Å². The summed E-state index contributed by atoms with van der Waals surface area (Å²) >= 11 is 0. The van der Waals surface area contributed by atoms with Crippen LogP contribution in [0.5, 0.6) is 0 Å². The van der Waals surface area contributed by atoms with Gasteiger partial charge in [-0.3, -0.25) is 14.4 Å². The maximum atomic E-state index is 12.9. The molecule has 0 aliphatic carbocycles. The monoisotopic (exact) mass is 1110 g/mol. The Morgan fingerprint density at radius 1 is 0.263 bits per heavy atom. The molecule has 1 atom stereocenters. The van der Waals surface area contributed by atoms with Crippen LogP contribution in [-0.2, 0) is 28.6 Å². The van der Waals surface area contributed by atoms with E-state index >= 15 is 0 Å². The zero-order chi connectivity index (χ0) is 57.8. The van der Waals surface area contributed by atoms with E-state index < -0.39 is 6.10 Å². The lowest BCUT2D eigenvalue weighted by Gasteiger charge is -2.18. The second-order valence-corrected chi connectivity index (χ2v) is 22.7. The number of unbranched alkanes of at least 4 members (excludes halogenated alkanes) is 35. The second kappa shape index (κ2) is 67.8. The van der Waals surface area contributed by atoms with E-state index in [-0.39, 0.29) is 31.1 Å². The van der Waals surface area contributed by atoms with Crippen LogP contribution in [0.2, 0.25) is 0 Å². The zero-order valence-corrected chi connectivity index (χ0v) is 52.8. The molecule has 0 aliphatic rings. The largest absolute Gasteiger partial charge is 0.462 e. The van der Waals surface area contributed by atoms with Gasteiger partial charge in [-0.1, -0.05) is 311 Å². The van der Waals surface area contributed by atoms with E-state index in [0.29, 0.717) is 19.3 Å². The quantitative estimate of drug-likeness (QED) is 0.0261. The minimum absolute atomic E-state index is 0.0757. The van der Waals surface area contributed by atoms with Crippen LogP contribution < -0.4 is 0 Å². The van der Waals surface area contributed by atoms with Crippen LogP contribution >= 0.6 is 0 Å². The molecular formula is C74H128O6. The van der Waals surface area contributed by atoms with Crippen LogP contribution in [0, 0.1) is 0 Å². The van der Waals surface area contributed by atoms with Crippen molar-refractivity contribution < 1.29 is 28.6 Å². The van der Waals surface area contributed by atoms with Gasteiger partial charge in [-0.15, -0.1) is 0 Å². The molecule has 0 rings (SSSR count). The predicted octanol–water partition coefficient (Wildman–Crippen LogP) is 23.6. The predicted molar refractivity (Wildman–Crippen MR) is 348 cm³/mol. The summed E-state index contributed by atoms with van der Waals surface area (Å²) < 4.78 is 16.9. The molecular weight excluding hydrogens is 985 g/mol. The molecule has 0 saturated carbocycles. The van der Waals surface area contributed by atoms with E-state index in [4.69, 9.17) is 14.2 Å². The number of allylic oxidation sites excluding steroid dienone is 16. The second-order valence-electron chi connectivity index (χ2n) is 22.7. The number of ether oxygens (including phenoxy) is 3. The van der Waals surface area contributed by atoms with Gasteiger partial charge >= 0.3 is 17.9 Å². The molecule has 6 nitrogen and oxygen atoms in total. The number of hydrogen-bond acceptors (Lipinski definition) is 6. The molecule has 0 aromatic heterocycles. The van der Waals surface area contributed by atoms with Crippen LogP contribution in [-0.4, -0.2) is 37.2 Å². The molecule has 0 N–H and O–H groups in total. The lowest BCUT2D eigenvalue weighted by molar-refractivity contribution is -0.167. The Kier molecular flexibility index (Phi) is 64.7. The number of carbonyl (C=O) groups is 3. The van der Waals surface area contributed by atoms with Gasteiger partial charge in [0.15, 0.2) is 6.10 Å². The highest BCUT2D eigenvalue weighted by Crippen LogP contribution is 2.17. The molecule has 0 heterocycles. The summed E-state index contributed by atoms with van der Waals surface area (Å²) in [5.74, 6) is -0.871. The fourth-order valence-electron chi connectivity index (χ4n) is 9.71. The van der Waals surface area contributed by atoms with Crippen molar-refractivity contribution in [1.82, 2.24) is 0 Å². The normalized spacial score (nSPS) is 12.7. The first-order valence-corrected chi connectivity index (χ1v) is 34.2. The van der Waals surface area contributed by atoms with Gasteiger partial charge in [-0.05, 0) is 103 Å². The van der Waals surface area contributed by atoms with Gasteiger partial charge in [0, 0.05) is 19.3 Å². The third-order valence-corrected chi connectivity index (χ3v) is 14.8. The molecule has 460 valence electrons. The minimum Gasteiger partial charge on any atom is -0.462 e. The van der Waals surface area contributed by atoms with Gasteiger partial charge in [0.2, 0.25) is 0 Å². The first-order chi connectivity index (χ1) is 39.5. The molecule has 0 bridgehead atoms. The Bertz CT molecular complexity index is 1560. The third-order valence-electron chi connectivity index (χ3n) is 14.8. The summed E-state index contributed by atoms with van der Waals surface area (Å²) in [6.07, 6.45) is 91.5. The highest BCUT2D eigenvalue weighted by Gasteiger charge is 2.19. The molecule has 0 saturated heterocycles. The molecule has 0 spiro atoms. The smallest absolute Gasteiger partial charge is 0.306 e. The average molecular weight is 1110 g/mol. The number of carbonyl (C=O) groups excluding carboxylic acids is 3. The lowest BCUT2D eigenvalue weighted by atomic mass is 10.0. The summed E-state index contributed by atoms with van der Waals surface area (Å²) in [7, 11) is 0. The van der Waals surface area contributed by atoms with Crippen molar-refractivity contribution in [1.29, 1.82) is 0 Å². The highest BCUT2D eigenvalue weighted by molar-refractivity contribution is 5.71. The molecule has 80 heavy (non-hydrogen) atoms. The van der Waals surface area contributed by atoms with Gasteiger partial charge in [-0.2, -0.15) is 0 Å². The van der Waals surface area contributed by atoms with E-state index in [9.17, 15) is 14.4 Å². The Balaban J connectivity index is 4.15. The van der Waals surface area contributed by atoms with Crippen molar-refractivity contribution in [2.45, 2.75) is 341 Å². The first-order valence-electron chi connectivity index (χ1n) is 34.2. The van der Waals surface area contributed by atoms with Gasteiger partial charge in [0.25, 0.3) is 0 Å². The number of hydrogen-bond donors (Lipinski definition) is 0. The van der Waals surface area contributed by atoms with Crippen molar-refractivity contribution in [3.8, 4) is 0 Å². The maximum absolute atomic E-state index is 12.9. The van der Waals surface area contributed by atoms with Crippen LogP contribution in [0.4, 0.5) is 0 Å². The summed E-state index contributed by atoms with van der Waals surface area (Å²) in [6, 6.07) is 0. The molecule has 0 amide bonds. The minimum atomic E-state index is -0.779. The summed E-state index contributed by atoms with van der Waals surface area (Å²) in [6.45, 7) is 6.54. The van der Waals surface area contributed by atoms with Gasteiger partial charge in [-0.25, -0.2) is 0 Å². The topological polar surface area (TPSA) is 78.9 Å². The lowest BCUT2D eigenvalue weighted by Crippen LogP contribution is -2.30. The van der Waals surface area contributed by atoms with Crippen molar-refractivity contribution in [2.75, 3.05) is 13.2 Å². The van der Waals surface area contributed by atoms with Gasteiger partial charge < -0.3 is 14.2 Å². The number of esters is 3. The van der Waals surface area contributed by atoms with Crippen molar-refractivity contribution in [2.24, 2.45) is 0 Å². The van der Waals surface area contributed by atoms with E-state index in [0.717, 1.165) is 116 Å². The molecule has 0 fully saturated rings. The summed E-state index contributed by atoms with van der Waals surface area (Å²) in [5, 5.41) is 0. The molecule has 0 aromatic carbocycles. The van der Waals surface area contributed by atoms with Gasteiger partial charge in [0.05, 0.1) is 0 Å².